The molecule has 132 valence electrons. The van der Waals surface area contributed by atoms with E-state index >= 15 is 0 Å². The average molecular weight is 452 g/mol. The molecule has 1 amide bonds. The van der Waals surface area contributed by atoms with Gasteiger partial charge in [0.25, 0.3) is 0 Å². The third-order valence-electron chi connectivity index (χ3n) is 2.90. The molecule has 0 fully saturated rings. The van der Waals surface area contributed by atoms with Gasteiger partial charge in [0.1, 0.15) is 0 Å². The smallest absolute Gasteiger partial charge is 0.221 e. The van der Waals surface area contributed by atoms with E-state index in [9.17, 15) is 4.79 Å². The van der Waals surface area contributed by atoms with E-state index in [1.165, 1.54) is 9.75 Å². The minimum atomic E-state index is 0. The lowest BCUT2D eigenvalue weighted by Gasteiger charge is -2.12. The molecule has 1 aromatic heterocycles. The average Bonchev–Trinajstić information content (AvgIpc) is 2.92. The summed E-state index contributed by atoms with van der Waals surface area (Å²) in [5.74, 6) is 0.815. The van der Waals surface area contributed by atoms with Crippen molar-refractivity contribution < 1.29 is 4.79 Å². The molecule has 0 radical (unpaired) electrons. The number of nitrogens with zero attached hydrogens (tertiary/aromatic N) is 1. The first kappa shape index (κ1) is 22.2. The third kappa shape index (κ3) is 9.80. The van der Waals surface area contributed by atoms with E-state index in [-0.39, 0.29) is 35.9 Å². The van der Waals surface area contributed by atoms with Crippen molar-refractivity contribution in [1.82, 2.24) is 16.0 Å². The SMILES string of the molecule is CCNC(=NCc1ccc(CC)s1)NCCC(=O)NC(C)C.I. The summed E-state index contributed by atoms with van der Waals surface area (Å²) in [6.07, 6.45) is 1.51. The van der Waals surface area contributed by atoms with E-state index in [1.54, 1.807) is 11.3 Å². The number of thiophene rings is 1. The number of carbonyl (C=O) groups is 1. The molecule has 5 nitrogen and oxygen atoms in total. The maximum Gasteiger partial charge on any atom is 0.221 e. The van der Waals surface area contributed by atoms with Crippen LogP contribution in [0.15, 0.2) is 17.1 Å². The van der Waals surface area contributed by atoms with Gasteiger partial charge >= 0.3 is 0 Å². The van der Waals surface area contributed by atoms with E-state index in [0.29, 0.717) is 19.5 Å². The molecular formula is C16H29IN4OS. The van der Waals surface area contributed by atoms with Crippen molar-refractivity contribution in [2.24, 2.45) is 4.99 Å². The molecule has 0 aliphatic carbocycles. The molecule has 1 heterocycles. The van der Waals surface area contributed by atoms with Gasteiger partial charge in [0.2, 0.25) is 5.91 Å². The summed E-state index contributed by atoms with van der Waals surface area (Å²) in [6.45, 7) is 10.2. The molecule has 7 heteroatoms. The van der Waals surface area contributed by atoms with Gasteiger partial charge in [0.15, 0.2) is 5.96 Å². The molecular weight excluding hydrogens is 423 g/mol. The highest BCUT2D eigenvalue weighted by Gasteiger charge is 2.04. The summed E-state index contributed by atoms with van der Waals surface area (Å²) in [7, 11) is 0. The molecule has 0 spiro atoms. The van der Waals surface area contributed by atoms with Crippen molar-refractivity contribution in [2.75, 3.05) is 13.1 Å². The Morgan fingerprint density at radius 2 is 1.91 bits per heavy atom. The standard InChI is InChI=1S/C16H28N4OS.HI/c1-5-13-7-8-14(22-13)11-19-16(17-6-2)18-10-9-15(21)20-12(3)4;/h7-8,12H,5-6,9-11H2,1-4H3,(H,20,21)(H2,17,18,19);1H. The highest BCUT2D eigenvalue weighted by atomic mass is 127. The molecule has 0 unspecified atom stereocenters. The van der Waals surface area contributed by atoms with Crippen LogP contribution in [0, 0.1) is 0 Å². The lowest BCUT2D eigenvalue weighted by Crippen LogP contribution is -2.40. The zero-order valence-electron chi connectivity index (χ0n) is 14.4. The van der Waals surface area contributed by atoms with Gasteiger partial charge in [-0.2, -0.15) is 0 Å². The van der Waals surface area contributed by atoms with E-state index in [0.717, 1.165) is 18.9 Å². The predicted octanol–water partition coefficient (Wildman–Crippen LogP) is 2.90. The van der Waals surface area contributed by atoms with Gasteiger partial charge in [-0.3, -0.25) is 4.79 Å². The number of amides is 1. The molecule has 3 N–H and O–H groups in total. The van der Waals surface area contributed by atoms with E-state index in [4.69, 9.17) is 0 Å². The van der Waals surface area contributed by atoms with Gasteiger partial charge < -0.3 is 16.0 Å². The molecule has 0 aromatic carbocycles. The molecule has 0 aliphatic rings. The van der Waals surface area contributed by atoms with Gasteiger partial charge in [-0.1, -0.05) is 6.92 Å². The minimum Gasteiger partial charge on any atom is -0.357 e. The number of carbonyl (C=O) groups excluding carboxylic acids is 1. The lowest BCUT2D eigenvalue weighted by atomic mass is 10.3. The monoisotopic (exact) mass is 452 g/mol. The second-order valence-corrected chi connectivity index (χ2v) is 6.57. The van der Waals surface area contributed by atoms with Gasteiger partial charge in [-0.05, 0) is 39.3 Å². The zero-order valence-corrected chi connectivity index (χ0v) is 17.6. The number of aliphatic imine (C=N–C) groups is 1. The Bertz CT molecular complexity index is 488. The first-order valence-electron chi connectivity index (χ1n) is 7.94. The van der Waals surface area contributed by atoms with Crippen LogP contribution >= 0.6 is 35.3 Å². The first-order chi connectivity index (χ1) is 10.5. The lowest BCUT2D eigenvalue weighted by molar-refractivity contribution is -0.121. The molecule has 1 aromatic rings. The van der Waals surface area contributed by atoms with Gasteiger partial charge in [0.05, 0.1) is 6.54 Å². The van der Waals surface area contributed by atoms with Crippen LogP contribution in [-0.4, -0.2) is 31.0 Å². The third-order valence-corrected chi connectivity index (χ3v) is 4.11. The predicted molar refractivity (Wildman–Crippen MR) is 110 cm³/mol. The summed E-state index contributed by atoms with van der Waals surface area (Å²) in [4.78, 5) is 18.8. The summed E-state index contributed by atoms with van der Waals surface area (Å²) in [6, 6.07) is 4.47. The van der Waals surface area contributed by atoms with Gasteiger partial charge in [-0.25, -0.2) is 4.99 Å². The van der Waals surface area contributed by atoms with E-state index in [2.05, 4.69) is 40.0 Å². The van der Waals surface area contributed by atoms with Gasteiger partial charge in [-0.15, -0.1) is 35.3 Å². The minimum absolute atomic E-state index is 0. The van der Waals surface area contributed by atoms with Crippen molar-refractivity contribution in [3.05, 3.63) is 21.9 Å². The van der Waals surface area contributed by atoms with Crippen molar-refractivity contribution in [1.29, 1.82) is 0 Å². The number of hydrogen-bond donors (Lipinski definition) is 3. The second-order valence-electron chi connectivity index (χ2n) is 5.32. The Balaban J connectivity index is 0.00000484. The molecule has 23 heavy (non-hydrogen) atoms. The number of hydrogen-bond acceptors (Lipinski definition) is 3. The highest BCUT2D eigenvalue weighted by molar-refractivity contribution is 14.0. The second kappa shape index (κ2) is 12.6. The van der Waals surface area contributed by atoms with Crippen LogP contribution in [0.4, 0.5) is 0 Å². The molecule has 0 aliphatic heterocycles. The van der Waals surface area contributed by atoms with E-state index in [1.807, 2.05) is 20.8 Å². The van der Waals surface area contributed by atoms with Crippen LogP contribution in [0.25, 0.3) is 0 Å². The summed E-state index contributed by atoms with van der Waals surface area (Å²) >= 11 is 1.80. The fourth-order valence-corrected chi connectivity index (χ4v) is 2.77. The Hall–Kier alpha value is -0.830. The summed E-state index contributed by atoms with van der Waals surface area (Å²) in [5, 5.41) is 9.28. The molecule has 1 rings (SSSR count). The molecule has 0 saturated heterocycles. The fourth-order valence-electron chi connectivity index (χ4n) is 1.88. The van der Waals surface area contributed by atoms with Gasteiger partial charge in [0, 0.05) is 35.3 Å². The number of guanidine groups is 1. The highest BCUT2D eigenvalue weighted by Crippen LogP contribution is 2.17. The molecule has 0 atom stereocenters. The van der Waals surface area contributed by atoms with Crippen LogP contribution in [0.2, 0.25) is 0 Å². The van der Waals surface area contributed by atoms with Crippen LogP contribution in [-0.2, 0) is 17.8 Å². The van der Waals surface area contributed by atoms with Crippen molar-refractivity contribution >= 4 is 47.2 Å². The number of nitrogens with one attached hydrogen (secondary N) is 3. The van der Waals surface area contributed by atoms with Crippen LogP contribution < -0.4 is 16.0 Å². The van der Waals surface area contributed by atoms with Crippen molar-refractivity contribution in [2.45, 2.75) is 53.1 Å². The Labute approximate surface area is 160 Å². The zero-order chi connectivity index (χ0) is 16.4. The topological polar surface area (TPSA) is 65.5 Å². The number of halogens is 1. The number of rotatable bonds is 8. The Morgan fingerprint density at radius 1 is 1.22 bits per heavy atom. The number of aryl methyl sites for hydroxylation is 1. The van der Waals surface area contributed by atoms with Crippen molar-refractivity contribution in [3.63, 3.8) is 0 Å². The largest absolute Gasteiger partial charge is 0.357 e. The summed E-state index contributed by atoms with van der Waals surface area (Å²) < 4.78 is 0. The normalized spacial score (nSPS) is 11.1. The molecule has 0 bridgehead atoms. The first-order valence-corrected chi connectivity index (χ1v) is 8.75. The van der Waals surface area contributed by atoms with Crippen molar-refractivity contribution in [3.8, 4) is 0 Å². The summed E-state index contributed by atoms with van der Waals surface area (Å²) in [5.41, 5.74) is 0. The maximum atomic E-state index is 11.6. The van der Waals surface area contributed by atoms with E-state index < -0.39 is 0 Å². The fraction of sp³-hybridized carbons (Fsp3) is 0.625. The quantitative estimate of drug-likeness (QED) is 0.323. The molecule has 0 saturated carbocycles. The Morgan fingerprint density at radius 3 is 2.48 bits per heavy atom. The Kier molecular flexibility index (Phi) is 12.1. The maximum absolute atomic E-state index is 11.6. The van der Waals surface area contributed by atoms with Crippen LogP contribution in [0.3, 0.4) is 0 Å². The van der Waals surface area contributed by atoms with Crippen LogP contribution in [0.1, 0.15) is 43.9 Å². The van der Waals surface area contributed by atoms with Crippen LogP contribution in [0.5, 0.6) is 0 Å².